The van der Waals surface area contributed by atoms with Crippen LogP contribution in [0.25, 0.3) is 0 Å². The first-order valence-electron chi connectivity index (χ1n) is 5.75. The summed E-state index contributed by atoms with van der Waals surface area (Å²) < 4.78 is 4.82. The molecule has 3 aliphatic rings. The molecule has 0 aromatic carbocycles. The van der Waals surface area contributed by atoms with E-state index in [4.69, 9.17) is 4.63 Å². The summed E-state index contributed by atoms with van der Waals surface area (Å²) >= 11 is 0. The fourth-order valence-corrected chi connectivity index (χ4v) is 3.35. The van der Waals surface area contributed by atoms with E-state index in [0.717, 1.165) is 17.3 Å². The monoisotopic (exact) mass is 207 g/mol. The largest absolute Gasteiger partial charge is 0.302 e. The average molecular weight is 207 g/mol. The van der Waals surface area contributed by atoms with Gasteiger partial charge in [-0.25, -0.2) is 4.63 Å². The van der Waals surface area contributed by atoms with Crippen LogP contribution < -0.4 is 0 Å². The first-order valence-corrected chi connectivity index (χ1v) is 5.75. The zero-order valence-corrected chi connectivity index (χ0v) is 9.31. The highest BCUT2D eigenvalue weighted by Crippen LogP contribution is 2.43. The molecule has 3 fully saturated rings. The van der Waals surface area contributed by atoms with Crippen LogP contribution in [0.15, 0.2) is 4.63 Å². The highest BCUT2D eigenvalue weighted by Gasteiger charge is 2.41. The molecule has 82 valence electrons. The van der Waals surface area contributed by atoms with Gasteiger partial charge >= 0.3 is 0 Å². The molecule has 1 aromatic heterocycles. The number of piperidine rings is 2. The minimum atomic E-state index is 0.550. The summed E-state index contributed by atoms with van der Waals surface area (Å²) in [7, 11) is 2.23. The van der Waals surface area contributed by atoms with Gasteiger partial charge in [0, 0.05) is 18.5 Å². The van der Waals surface area contributed by atoms with Crippen molar-refractivity contribution >= 4 is 0 Å². The lowest BCUT2D eigenvalue weighted by atomic mass is 9.71. The van der Waals surface area contributed by atoms with Gasteiger partial charge in [-0.2, -0.15) is 0 Å². The summed E-state index contributed by atoms with van der Waals surface area (Å²) in [5, 5.41) is 7.98. The Labute approximate surface area is 89.6 Å². The van der Waals surface area contributed by atoms with E-state index >= 15 is 0 Å². The Morgan fingerprint density at radius 3 is 2.80 bits per heavy atom. The second-order valence-electron chi connectivity index (χ2n) is 5.03. The number of hydrogen-bond acceptors (Lipinski definition) is 4. The van der Waals surface area contributed by atoms with Gasteiger partial charge in [0.25, 0.3) is 0 Å². The maximum Gasteiger partial charge on any atom is 0.112 e. The molecule has 3 heterocycles. The van der Waals surface area contributed by atoms with Gasteiger partial charge in [0.15, 0.2) is 0 Å². The fourth-order valence-electron chi connectivity index (χ4n) is 3.35. The average Bonchev–Trinajstić information content (AvgIpc) is 2.64. The predicted molar refractivity (Wildman–Crippen MR) is 55.5 cm³/mol. The second kappa shape index (κ2) is 3.30. The number of fused-ring (bicyclic) bond motifs is 3. The summed E-state index contributed by atoms with van der Waals surface area (Å²) in [6.45, 7) is 3.25. The van der Waals surface area contributed by atoms with Crippen LogP contribution in [0.3, 0.4) is 0 Å². The summed E-state index contributed by atoms with van der Waals surface area (Å²) in [5.41, 5.74) is 2.07. The first-order chi connectivity index (χ1) is 7.25. The number of aromatic nitrogens is 2. The van der Waals surface area contributed by atoms with E-state index < -0.39 is 0 Å². The Morgan fingerprint density at radius 2 is 2.20 bits per heavy atom. The van der Waals surface area contributed by atoms with E-state index in [0.29, 0.717) is 12.0 Å². The molecule has 3 atom stereocenters. The lowest BCUT2D eigenvalue weighted by molar-refractivity contribution is 0.0489. The van der Waals surface area contributed by atoms with Crippen molar-refractivity contribution in [3.8, 4) is 0 Å². The van der Waals surface area contributed by atoms with E-state index in [1.54, 1.807) is 0 Å². The van der Waals surface area contributed by atoms with E-state index in [1.807, 2.05) is 6.92 Å². The number of aryl methyl sites for hydroxylation is 1. The SMILES string of the molecule is Cc1nonc1C1CC2CCC1N(C)C2. The van der Waals surface area contributed by atoms with Gasteiger partial charge in [0.1, 0.15) is 11.4 Å². The smallest absolute Gasteiger partial charge is 0.112 e. The maximum atomic E-state index is 4.82. The van der Waals surface area contributed by atoms with E-state index in [1.165, 1.54) is 25.8 Å². The van der Waals surface area contributed by atoms with Crippen LogP contribution in [0.5, 0.6) is 0 Å². The fraction of sp³-hybridized carbons (Fsp3) is 0.818. The van der Waals surface area contributed by atoms with Crippen LogP contribution in [0.2, 0.25) is 0 Å². The molecule has 1 aliphatic carbocycles. The summed E-state index contributed by atoms with van der Waals surface area (Å²) in [6.07, 6.45) is 3.96. The molecule has 0 spiro atoms. The van der Waals surface area contributed by atoms with Crippen molar-refractivity contribution in [2.75, 3.05) is 13.6 Å². The predicted octanol–water partition coefficient (Wildman–Crippen LogP) is 1.58. The highest BCUT2D eigenvalue weighted by atomic mass is 16.6. The van der Waals surface area contributed by atoms with Gasteiger partial charge in [-0.15, -0.1) is 0 Å². The molecule has 2 aliphatic heterocycles. The van der Waals surface area contributed by atoms with E-state index in [9.17, 15) is 0 Å². The molecule has 2 bridgehead atoms. The molecule has 1 aromatic rings. The molecule has 3 unspecified atom stereocenters. The summed E-state index contributed by atoms with van der Waals surface area (Å²) in [6, 6.07) is 0.653. The molecule has 15 heavy (non-hydrogen) atoms. The van der Waals surface area contributed by atoms with Gasteiger partial charge in [0.05, 0.1) is 0 Å². The van der Waals surface area contributed by atoms with Crippen LogP contribution in [-0.2, 0) is 0 Å². The molecule has 0 amide bonds. The quantitative estimate of drug-likeness (QED) is 0.701. The molecule has 2 saturated heterocycles. The Morgan fingerprint density at radius 1 is 1.33 bits per heavy atom. The zero-order chi connectivity index (χ0) is 10.4. The van der Waals surface area contributed by atoms with Crippen molar-refractivity contribution in [3.05, 3.63) is 11.4 Å². The molecular weight excluding hydrogens is 190 g/mol. The zero-order valence-electron chi connectivity index (χ0n) is 9.31. The van der Waals surface area contributed by atoms with Gasteiger partial charge in [-0.1, -0.05) is 10.3 Å². The van der Waals surface area contributed by atoms with Crippen LogP contribution in [0, 0.1) is 12.8 Å². The normalized spacial score (nSPS) is 36.0. The molecular formula is C11H17N3O. The van der Waals surface area contributed by atoms with Crippen molar-refractivity contribution in [2.24, 2.45) is 5.92 Å². The first kappa shape index (κ1) is 9.33. The molecule has 4 nitrogen and oxygen atoms in total. The Bertz CT molecular complexity index is 362. The topological polar surface area (TPSA) is 42.2 Å². The lowest BCUT2D eigenvalue weighted by Crippen LogP contribution is -2.50. The molecule has 0 N–H and O–H groups in total. The third-order valence-corrected chi connectivity index (χ3v) is 4.07. The third-order valence-electron chi connectivity index (χ3n) is 4.07. The van der Waals surface area contributed by atoms with Crippen LogP contribution >= 0.6 is 0 Å². The van der Waals surface area contributed by atoms with Crippen molar-refractivity contribution in [2.45, 2.75) is 38.1 Å². The second-order valence-corrected chi connectivity index (χ2v) is 5.03. The Balaban J connectivity index is 1.91. The molecule has 4 rings (SSSR count). The number of likely N-dealkylation sites (N-methyl/N-ethyl adjacent to an activating group) is 1. The minimum Gasteiger partial charge on any atom is -0.302 e. The van der Waals surface area contributed by atoms with Crippen molar-refractivity contribution in [1.29, 1.82) is 0 Å². The van der Waals surface area contributed by atoms with Crippen LogP contribution in [-0.4, -0.2) is 34.8 Å². The molecule has 1 saturated carbocycles. The van der Waals surface area contributed by atoms with Gasteiger partial charge < -0.3 is 4.90 Å². The summed E-state index contributed by atoms with van der Waals surface area (Å²) in [5.74, 6) is 1.40. The third kappa shape index (κ3) is 1.39. The van der Waals surface area contributed by atoms with Crippen molar-refractivity contribution in [3.63, 3.8) is 0 Å². The van der Waals surface area contributed by atoms with Crippen LogP contribution in [0.1, 0.15) is 36.6 Å². The number of nitrogens with zero attached hydrogens (tertiary/aromatic N) is 3. The van der Waals surface area contributed by atoms with Crippen molar-refractivity contribution < 1.29 is 4.63 Å². The standard InChI is InChI=1S/C11H17N3O/c1-7-11(13-15-12-7)9-5-8-3-4-10(9)14(2)6-8/h8-10H,3-6H2,1-2H3. The van der Waals surface area contributed by atoms with Crippen molar-refractivity contribution in [1.82, 2.24) is 15.2 Å². The molecule has 0 radical (unpaired) electrons. The van der Waals surface area contributed by atoms with Gasteiger partial charge in [-0.05, 0) is 39.2 Å². The van der Waals surface area contributed by atoms with E-state index in [-0.39, 0.29) is 0 Å². The minimum absolute atomic E-state index is 0.550. The Kier molecular flexibility index (Phi) is 2.06. The van der Waals surface area contributed by atoms with E-state index in [2.05, 4.69) is 22.3 Å². The van der Waals surface area contributed by atoms with Gasteiger partial charge in [-0.3, -0.25) is 0 Å². The number of hydrogen-bond donors (Lipinski definition) is 0. The molecule has 4 heteroatoms. The lowest BCUT2D eigenvalue weighted by Gasteiger charge is -2.47. The maximum absolute atomic E-state index is 4.82. The highest BCUT2D eigenvalue weighted by molar-refractivity contribution is 5.17. The summed E-state index contributed by atoms with van der Waals surface area (Å²) in [4.78, 5) is 2.48. The number of rotatable bonds is 1. The van der Waals surface area contributed by atoms with Crippen LogP contribution in [0.4, 0.5) is 0 Å². The Hall–Kier alpha value is -0.900. The van der Waals surface area contributed by atoms with Gasteiger partial charge in [0.2, 0.25) is 0 Å².